The zero-order valence-corrected chi connectivity index (χ0v) is 7.86. The molecule has 0 aliphatic heterocycles. The smallest absolute Gasteiger partial charge is 0.103 e. The molecule has 0 amide bonds. The number of nitrogens with one attached hydrogen (secondary N) is 1. The predicted octanol–water partition coefficient (Wildman–Crippen LogP) is 1.64. The first-order valence-corrected chi connectivity index (χ1v) is 4.46. The Morgan fingerprint density at radius 2 is 2.43 bits per heavy atom. The van der Waals surface area contributed by atoms with Gasteiger partial charge in [-0.05, 0) is 19.1 Å². The van der Waals surface area contributed by atoms with Gasteiger partial charge in [-0.15, -0.1) is 0 Å². The Kier molecular flexibility index (Phi) is 2.07. The van der Waals surface area contributed by atoms with Crippen molar-refractivity contribution in [3.63, 3.8) is 0 Å². The molecule has 0 atom stereocenters. The molecule has 0 saturated carbocycles. The van der Waals surface area contributed by atoms with E-state index in [2.05, 4.69) is 16.5 Å². The maximum absolute atomic E-state index is 8.78. The molecular weight excluding hydrogens is 176 g/mol. The predicted molar refractivity (Wildman–Crippen MR) is 54.1 cm³/mol. The summed E-state index contributed by atoms with van der Waals surface area (Å²) >= 11 is 0. The summed E-state index contributed by atoms with van der Waals surface area (Å²) in [5.74, 6) is 0. The monoisotopic (exact) mass is 186 g/mol. The largest absolute Gasteiger partial charge is 0.384 e. The molecule has 70 valence electrons. The van der Waals surface area contributed by atoms with E-state index in [0.717, 1.165) is 17.7 Å². The van der Waals surface area contributed by atoms with E-state index in [-0.39, 0.29) is 0 Å². The Labute approximate surface area is 81.8 Å². The third-order valence-corrected chi connectivity index (χ3v) is 2.02. The number of nitrogens with zero attached hydrogens (tertiary/aromatic N) is 3. The molecule has 4 nitrogen and oxygen atoms in total. The van der Waals surface area contributed by atoms with Gasteiger partial charge in [0, 0.05) is 6.54 Å². The summed E-state index contributed by atoms with van der Waals surface area (Å²) < 4.78 is 1.70. The molecule has 14 heavy (non-hydrogen) atoms. The minimum atomic E-state index is 0.605. The summed E-state index contributed by atoms with van der Waals surface area (Å²) in [6.45, 7) is 2.91. The second kappa shape index (κ2) is 3.38. The quantitative estimate of drug-likeness (QED) is 0.775. The molecule has 2 aromatic heterocycles. The molecule has 2 rings (SSSR count). The normalized spacial score (nSPS) is 10.0. The zero-order valence-electron chi connectivity index (χ0n) is 7.86. The third kappa shape index (κ3) is 1.29. The van der Waals surface area contributed by atoms with Crippen molar-refractivity contribution in [3.8, 4) is 6.07 Å². The summed E-state index contributed by atoms with van der Waals surface area (Å²) in [7, 11) is 0. The van der Waals surface area contributed by atoms with Gasteiger partial charge in [0.05, 0.1) is 29.2 Å². The molecule has 0 aromatic carbocycles. The zero-order chi connectivity index (χ0) is 9.97. The average molecular weight is 186 g/mol. The fraction of sp³-hybridized carbons (Fsp3) is 0.200. The number of anilines is 1. The Hall–Kier alpha value is -2.02. The first-order chi connectivity index (χ1) is 6.85. The number of hydrogen-bond donors (Lipinski definition) is 1. The van der Waals surface area contributed by atoms with Crippen LogP contribution in [0.15, 0.2) is 24.5 Å². The van der Waals surface area contributed by atoms with Crippen molar-refractivity contribution in [2.24, 2.45) is 0 Å². The van der Waals surface area contributed by atoms with Gasteiger partial charge < -0.3 is 5.32 Å². The van der Waals surface area contributed by atoms with Gasteiger partial charge >= 0.3 is 0 Å². The number of hydrogen-bond acceptors (Lipinski definition) is 3. The van der Waals surface area contributed by atoms with Gasteiger partial charge in [-0.1, -0.05) is 0 Å². The van der Waals surface area contributed by atoms with Crippen LogP contribution in [0.3, 0.4) is 0 Å². The molecule has 0 radical (unpaired) electrons. The maximum atomic E-state index is 8.78. The van der Waals surface area contributed by atoms with Crippen LogP contribution >= 0.6 is 0 Å². The number of rotatable bonds is 2. The Morgan fingerprint density at radius 1 is 1.57 bits per heavy atom. The van der Waals surface area contributed by atoms with Crippen LogP contribution in [0.1, 0.15) is 12.5 Å². The highest BCUT2D eigenvalue weighted by Gasteiger charge is 2.02. The topological polar surface area (TPSA) is 53.1 Å². The van der Waals surface area contributed by atoms with Crippen molar-refractivity contribution in [1.82, 2.24) is 9.61 Å². The van der Waals surface area contributed by atoms with Crippen molar-refractivity contribution in [2.75, 3.05) is 11.9 Å². The Balaban J connectivity index is 2.53. The van der Waals surface area contributed by atoms with Gasteiger partial charge in [0.15, 0.2) is 0 Å². The summed E-state index contributed by atoms with van der Waals surface area (Å²) in [5, 5.41) is 16.0. The second-order valence-electron chi connectivity index (χ2n) is 2.95. The average Bonchev–Trinajstić information content (AvgIpc) is 2.60. The Morgan fingerprint density at radius 3 is 3.14 bits per heavy atom. The molecule has 0 fully saturated rings. The van der Waals surface area contributed by atoms with Crippen LogP contribution in [0.5, 0.6) is 0 Å². The second-order valence-corrected chi connectivity index (χ2v) is 2.95. The lowest BCUT2D eigenvalue weighted by molar-refractivity contribution is 0.959. The molecule has 0 aliphatic rings. The molecule has 0 bridgehead atoms. The summed E-state index contributed by atoms with van der Waals surface area (Å²) in [5.41, 5.74) is 2.45. The molecule has 2 aromatic rings. The van der Waals surface area contributed by atoms with Crippen LogP contribution in [0.2, 0.25) is 0 Å². The van der Waals surface area contributed by atoms with Crippen molar-refractivity contribution >= 4 is 11.2 Å². The van der Waals surface area contributed by atoms with Gasteiger partial charge in [-0.25, -0.2) is 4.52 Å². The summed E-state index contributed by atoms with van der Waals surface area (Å²) in [6, 6.07) is 5.94. The van der Waals surface area contributed by atoms with E-state index < -0.39 is 0 Å². The molecule has 0 spiro atoms. The summed E-state index contributed by atoms with van der Waals surface area (Å²) in [6.07, 6.45) is 3.45. The molecule has 1 N–H and O–H groups in total. The van der Waals surface area contributed by atoms with Crippen molar-refractivity contribution in [1.29, 1.82) is 5.26 Å². The molecule has 0 saturated heterocycles. The SMILES string of the molecule is CCNc1ccc2c(C#N)cnn2c1. The lowest BCUT2D eigenvalue weighted by Gasteiger charge is -2.02. The van der Waals surface area contributed by atoms with Gasteiger partial charge in [0.2, 0.25) is 0 Å². The van der Waals surface area contributed by atoms with E-state index >= 15 is 0 Å². The van der Waals surface area contributed by atoms with Crippen molar-refractivity contribution < 1.29 is 0 Å². The van der Waals surface area contributed by atoms with E-state index in [1.54, 1.807) is 10.7 Å². The van der Waals surface area contributed by atoms with Crippen LogP contribution in [0.25, 0.3) is 5.52 Å². The fourth-order valence-corrected chi connectivity index (χ4v) is 1.38. The number of pyridine rings is 1. The highest BCUT2D eigenvalue weighted by molar-refractivity contribution is 5.62. The molecule has 4 heteroatoms. The molecule has 0 unspecified atom stereocenters. The number of fused-ring (bicyclic) bond motifs is 1. The molecule has 2 heterocycles. The minimum absolute atomic E-state index is 0.605. The Bertz CT molecular complexity index is 492. The fourth-order valence-electron chi connectivity index (χ4n) is 1.38. The number of nitriles is 1. The van der Waals surface area contributed by atoms with Crippen LogP contribution in [0, 0.1) is 11.3 Å². The van der Waals surface area contributed by atoms with E-state index in [0.29, 0.717) is 5.56 Å². The first kappa shape index (κ1) is 8.57. The minimum Gasteiger partial charge on any atom is -0.384 e. The number of aromatic nitrogens is 2. The lowest BCUT2D eigenvalue weighted by atomic mass is 10.3. The van der Waals surface area contributed by atoms with Crippen LogP contribution in [-0.4, -0.2) is 16.2 Å². The summed E-state index contributed by atoms with van der Waals surface area (Å²) in [4.78, 5) is 0. The van der Waals surface area contributed by atoms with E-state index in [1.165, 1.54) is 0 Å². The van der Waals surface area contributed by atoms with Crippen LogP contribution in [0.4, 0.5) is 5.69 Å². The van der Waals surface area contributed by atoms with Gasteiger partial charge in [0.25, 0.3) is 0 Å². The van der Waals surface area contributed by atoms with Crippen LogP contribution in [-0.2, 0) is 0 Å². The third-order valence-electron chi connectivity index (χ3n) is 2.02. The van der Waals surface area contributed by atoms with Gasteiger partial charge in [0.1, 0.15) is 6.07 Å². The highest BCUT2D eigenvalue weighted by atomic mass is 15.2. The van der Waals surface area contributed by atoms with Crippen molar-refractivity contribution in [2.45, 2.75) is 6.92 Å². The molecule has 0 aliphatic carbocycles. The lowest BCUT2D eigenvalue weighted by Crippen LogP contribution is -1.98. The van der Waals surface area contributed by atoms with E-state index in [1.807, 2.05) is 25.3 Å². The van der Waals surface area contributed by atoms with Crippen molar-refractivity contribution in [3.05, 3.63) is 30.1 Å². The first-order valence-electron chi connectivity index (χ1n) is 4.46. The van der Waals surface area contributed by atoms with Crippen LogP contribution < -0.4 is 5.32 Å². The van der Waals surface area contributed by atoms with Gasteiger partial charge in [-0.3, -0.25) is 0 Å². The van der Waals surface area contributed by atoms with Gasteiger partial charge in [-0.2, -0.15) is 10.4 Å². The molecular formula is C10H10N4. The highest BCUT2D eigenvalue weighted by Crippen LogP contribution is 2.13. The standard InChI is InChI=1S/C10H10N4/c1-2-12-9-3-4-10-8(5-11)6-13-14(10)7-9/h3-4,6-7,12H,2H2,1H3. The van der Waals surface area contributed by atoms with E-state index in [4.69, 9.17) is 5.26 Å². The van der Waals surface area contributed by atoms with E-state index in [9.17, 15) is 0 Å². The maximum Gasteiger partial charge on any atom is 0.103 e.